The van der Waals surface area contributed by atoms with Crippen LogP contribution in [0.3, 0.4) is 0 Å². The molecule has 1 unspecified atom stereocenters. The fourth-order valence-electron chi connectivity index (χ4n) is 2.05. The molecular formula is C14H13N3S. The van der Waals surface area contributed by atoms with Crippen molar-refractivity contribution in [3.8, 4) is 0 Å². The number of rotatable bonds is 2. The summed E-state index contributed by atoms with van der Waals surface area (Å²) >= 11 is 1.64. The van der Waals surface area contributed by atoms with Crippen LogP contribution in [0.2, 0.25) is 0 Å². The zero-order chi connectivity index (χ0) is 12.5. The van der Waals surface area contributed by atoms with Crippen molar-refractivity contribution in [1.29, 1.82) is 0 Å². The van der Waals surface area contributed by atoms with Gasteiger partial charge in [0.05, 0.1) is 16.6 Å². The molecule has 0 bridgehead atoms. The summed E-state index contributed by atoms with van der Waals surface area (Å²) in [4.78, 5) is 9.77. The van der Waals surface area contributed by atoms with Gasteiger partial charge in [0.25, 0.3) is 0 Å². The molecule has 0 spiro atoms. The fraction of sp³-hybridized carbons (Fsp3) is 0.143. The Morgan fingerprint density at radius 1 is 1.17 bits per heavy atom. The van der Waals surface area contributed by atoms with Crippen molar-refractivity contribution in [3.05, 3.63) is 58.2 Å². The first kappa shape index (κ1) is 11.3. The van der Waals surface area contributed by atoms with Gasteiger partial charge < -0.3 is 5.73 Å². The molecular weight excluding hydrogens is 242 g/mol. The highest BCUT2D eigenvalue weighted by Gasteiger charge is 2.14. The summed E-state index contributed by atoms with van der Waals surface area (Å²) in [7, 11) is 0. The minimum absolute atomic E-state index is 0.158. The molecule has 2 heterocycles. The molecule has 0 amide bonds. The summed E-state index contributed by atoms with van der Waals surface area (Å²) in [6.07, 6.45) is 3.66. The molecule has 2 N–H and O–H groups in total. The zero-order valence-corrected chi connectivity index (χ0v) is 10.8. The third-order valence-corrected chi connectivity index (χ3v) is 3.94. The second-order valence-electron chi connectivity index (χ2n) is 4.18. The Morgan fingerprint density at radius 2 is 2.00 bits per heavy atom. The summed E-state index contributed by atoms with van der Waals surface area (Å²) in [5, 5.41) is 2.15. The van der Waals surface area contributed by atoms with Gasteiger partial charge in [-0.15, -0.1) is 11.3 Å². The van der Waals surface area contributed by atoms with E-state index in [0.29, 0.717) is 0 Å². The van der Waals surface area contributed by atoms with Gasteiger partial charge in [-0.1, -0.05) is 24.3 Å². The molecule has 0 fully saturated rings. The number of aromatic nitrogens is 2. The predicted molar refractivity (Wildman–Crippen MR) is 74.6 cm³/mol. The van der Waals surface area contributed by atoms with E-state index in [1.165, 1.54) is 0 Å². The molecule has 4 heteroatoms. The van der Waals surface area contributed by atoms with E-state index in [9.17, 15) is 0 Å². The van der Waals surface area contributed by atoms with Crippen molar-refractivity contribution in [1.82, 2.24) is 9.97 Å². The molecule has 1 atom stereocenters. The van der Waals surface area contributed by atoms with Crippen LogP contribution in [0.25, 0.3) is 10.9 Å². The van der Waals surface area contributed by atoms with Crippen LogP contribution in [-0.2, 0) is 0 Å². The van der Waals surface area contributed by atoms with E-state index in [-0.39, 0.29) is 6.04 Å². The van der Waals surface area contributed by atoms with Gasteiger partial charge in [-0.2, -0.15) is 0 Å². The molecule has 90 valence electrons. The van der Waals surface area contributed by atoms with Crippen LogP contribution >= 0.6 is 11.3 Å². The minimum Gasteiger partial charge on any atom is -0.319 e. The minimum atomic E-state index is -0.158. The van der Waals surface area contributed by atoms with Crippen molar-refractivity contribution >= 4 is 22.2 Å². The van der Waals surface area contributed by atoms with Gasteiger partial charge in [-0.3, -0.25) is 4.98 Å². The number of hydrogen-bond acceptors (Lipinski definition) is 4. The molecule has 0 aliphatic carbocycles. The highest BCUT2D eigenvalue weighted by molar-refractivity contribution is 7.11. The van der Waals surface area contributed by atoms with Crippen LogP contribution in [0.1, 0.15) is 21.5 Å². The quantitative estimate of drug-likeness (QED) is 0.765. The molecule has 0 aliphatic heterocycles. The molecule has 0 saturated carbocycles. The SMILES string of the molecule is Cc1ncc(C(N)c2cccc3cccnc23)s1. The first-order valence-corrected chi connectivity index (χ1v) is 6.59. The van der Waals surface area contributed by atoms with Crippen LogP contribution in [0.4, 0.5) is 0 Å². The van der Waals surface area contributed by atoms with E-state index < -0.39 is 0 Å². The average molecular weight is 255 g/mol. The number of hydrogen-bond donors (Lipinski definition) is 1. The standard InChI is InChI=1S/C14H13N3S/c1-9-17-8-12(18-9)13(15)11-6-2-4-10-5-3-7-16-14(10)11/h2-8,13H,15H2,1H3. The maximum atomic E-state index is 6.33. The fourth-order valence-corrected chi connectivity index (χ4v) is 2.86. The summed E-state index contributed by atoms with van der Waals surface area (Å²) < 4.78 is 0. The lowest BCUT2D eigenvalue weighted by atomic mass is 10.0. The van der Waals surface area contributed by atoms with Crippen LogP contribution in [-0.4, -0.2) is 9.97 Å². The van der Waals surface area contributed by atoms with Gasteiger partial charge in [0.1, 0.15) is 0 Å². The Balaban J connectivity index is 2.14. The molecule has 3 rings (SSSR count). The van der Waals surface area contributed by atoms with Gasteiger partial charge in [0, 0.05) is 28.2 Å². The zero-order valence-electron chi connectivity index (χ0n) is 10.00. The first-order valence-electron chi connectivity index (χ1n) is 5.77. The average Bonchev–Trinajstić information content (AvgIpc) is 2.84. The van der Waals surface area contributed by atoms with Gasteiger partial charge >= 0.3 is 0 Å². The number of para-hydroxylation sites is 1. The van der Waals surface area contributed by atoms with E-state index in [1.54, 1.807) is 17.5 Å². The molecule has 18 heavy (non-hydrogen) atoms. The molecule has 0 aliphatic rings. The summed E-state index contributed by atoms with van der Waals surface area (Å²) in [6.45, 7) is 1.99. The Morgan fingerprint density at radius 3 is 2.78 bits per heavy atom. The smallest absolute Gasteiger partial charge is 0.0897 e. The number of aryl methyl sites for hydroxylation is 1. The first-order chi connectivity index (χ1) is 8.75. The van der Waals surface area contributed by atoms with Gasteiger partial charge in [0.15, 0.2) is 0 Å². The van der Waals surface area contributed by atoms with E-state index in [1.807, 2.05) is 31.3 Å². The second-order valence-corrected chi connectivity index (χ2v) is 5.45. The van der Waals surface area contributed by atoms with Crippen molar-refractivity contribution in [3.63, 3.8) is 0 Å². The lowest BCUT2D eigenvalue weighted by molar-refractivity contribution is 0.895. The van der Waals surface area contributed by atoms with Crippen LogP contribution < -0.4 is 5.73 Å². The molecule has 0 saturated heterocycles. The van der Waals surface area contributed by atoms with Crippen molar-refractivity contribution in [2.24, 2.45) is 5.73 Å². The topological polar surface area (TPSA) is 51.8 Å². The van der Waals surface area contributed by atoms with E-state index in [4.69, 9.17) is 5.73 Å². The number of thiazole rings is 1. The Hall–Kier alpha value is -1.78. The second kappa shape index (κ2) is 4.48. The molecule has 2 aromatic heterocycles. The van der Waals surface area contributed by atoms with E-state index >= 15 is 0 Å². The summed E-state index contributed by atoms with van der Waals surface area (Å²) in [6, 6.07) is 9.94. The Kier molecular flexibility index (Phi) is 2.81. The number of pyridine rings is 1. The van der Waals surface area contributed by atoms with E-state index in [0.717, 1.165) is 26.4 Å². The third-order valence-electron chi connectivity index (χ3n) is 2.94. The maximum Gasteiger partial charge on any atom is 0.0897 e. The Labute approximate surface area is 109 Å². The highest BCUT2D eigenvalue weighted by atomic mass is 32.1. The number of benzene rings is 1. The van der Waals surface area contributed by atoms with Gasteiger partial charge in [-0.05, 0) is 13.0 Å². The maximum absolute atomic E-state index is 6.33. The van der Waals surface area contributed by atoms with Crippen LogP contribution in [0, 0.1) is 6.92 Å². The molecule has 3 aromatic rings. The van der Waals surface area contributed by atoms with Gasteiger partial charge in [-0.25, -0.2) is 4.98 Å². The van der Waals surface area contributed by atoms with Crippen molar-refractivity contribution in [2.75, 3.05) is 0 Å². The highest BCUT2D eigenvalue weighted by Crippen LogP contribution is 2.28. The summed E-state index contributed by atoms with van der Waals surface area (Å²) in [5.74, 6) is 0. The lowest BCUT2D eigenvalue weighted by Gasteiger charge is -2.11. The number of nitrogens with zero attached hydrogens (tertiary/aromatic N) is 2. The van der Waals surface area contributed by atoms with Crippen molar-refractivity contribution < 1.29 is 0 Å². The largest absolute Gasteiger partial charge is 0.319 e. The molecule has 0 radical (unpaired) electrons. The van der Waals surface area contributed by atoms with Crippen LogP contribution in [0.15, 0.2) is 42.7 Å². The summed E-state index contributed by atoms with van der Waals surface area (Å²) in [5.41, 5.74) is 8.35. The van der Waals surface area contributed by atoms with Crippen LogP contribution in [0.5, 0.6) is 0 Å². The van der Waals surface area contributed by atoms with E-state index in [2.05, 4.69) is 22.1 Å². The number of fused-ring (bicyclic) bond motifs is 1. The predicted octanol–water partition coefficient (Wildman–Crippen LogP) is 3.05. The van der Waals surface area contributed by atoms with Gasteiger partial charge in [0.2, 0.25) is 0 Å². The number of nitrogens with two attached hydrogens (primary N) is 1. The Bertz CT molecular complexity index is 685. The lowest BCUT2D eigenvalue weighted by Crippen LogP contribution is -2.11. The third kappa shape index (κ3) is 1.89. The monoisotopic (exact) mass is 255 g/mol. The normalized spacial score (nSPS) is 12.8. The van der Waals surface area contributed by atoms with Crippen molar-refractivity contribution in [2.45, 2.75) is 13.0 Å². The molecule has 3 nitrogen and oxygen atoms in total. The molecule has 1 aromatic carbocycles.